The second-order valence-electron chi connectivity index (χ2n) is 7.91. The van der Waals surface area contributed by atoms with Gasteiger partial charge in [-0.2, -0.15) is 0 Å². The predicted octanol–water partition coefficient (Wildman–Crippen LogP) is 2.65. The van der Waals surface area contributed by atoms with Crippen LogP contribution in [0.15, 0.2) is 24.3 Å². The Morgan fingerprint density at radius 2 is 2.00 bits per heavy atom. The highest BCUT2D eigenvalue weighted by molar-refractivity contribution is 5.97. The van der Waals surface area contributed by atoms with Gasteiger partial charge in [0.25, 0.3) is 5.91 Å². The first-order valence-corrected chi connectivity index (χ1v) is 10.1. The molecule has 2 aliphatic rings. The zero-order valence-electron chi connectivity index (χ0n) is 16.4. The van der Waals surface area contributed by atoms with Crippen LogP contribution >= 0.6 is 0 Å². The standard InChI is InChI=1S/C21H31N3O3/c1-15(2)20(25)23-18-6-3-5-16(13-18)21(26)22-17-8-10-24(11-9-17)14-19-7-4-12-27-19/h3,5-6,13,15,17,19H,4,7-12,14H2,1-2H3,(H,22,26)(H,23,25). The molecule has 6 nitrogen and oxygen atoms in total. The maximum absolute atomic E-state index is 12.6. The van der Waals surface area contributed by atoms with E-state index in [9.17, 15) is 9.59 Å². The third kappa shape index (κ3) is 5.78. The minimum atomic E-state index is -0.0951. The Morgan fingerprint density at radius 1 is 1.22 bits per heavy atom. The number of piperidine rings is 1. The van der Waals surface area contributed by atoms with E-state index in [1.807, 2.05) is 13.8 Å². The van der Waals surface area contributed by atoms with Crippen LogP contribution in [0.1, 0.15) is 49.9 Å². The number of nitrogens with zero attached hydrogens (tertiary/aromatic N) is 1. The Labute approximate surface area is 161 Å². The lowest BCUT2D eigenvalue weighted by Gasteiger charge is -2.33. The molecule has 148 valence electrons. The minimum absolute atomic E-state index is 0.0498. The molecule has 2 aliphatic heterocycles. The van der Waals surface area contributed by atoms with Crippen LogP contribution in [-0.2, 0) is 9.53 Å². The molecule has 0 aromatic heterocycles. The number of likely N-dealkylation sites (tertiary alicyclic amines) is 1. The van der Waals surface area contributed by atoms with Crippen molar-refractivity contribution in [2.45, 2.75) is 51.7 Å². The van der Waals surface area contributed by atoms with Crippen molar-refractivity contribution in [1.82, 2.24) is 10.2 Å². The van der Waals surface area contributed by atoms with Gasteiger partial charge in [0.05, 0.1) is 6.10 Å². The van der Waals surface area contributed by atoms with Crippen LogP contribution in [0.5, 0.6) is 0 Å². The van der Waals surface area contributed by atoms with Crippen molar-refractivity contribution in [3.05, 3.63) is 29.8 Å². The molecule has 0 radical (unpaired) electrons. The van der Waals surface area contributed by atoms with Gasteiger partial charge in [-0.05, 0) is 43.9 Å². The number of rotatable bonds is 6. The van der Waals surface area contributed by atoms with Gasteiger partial charge in [0.15, 0.2) is 0 Å². The van der Waals surface area contributed by atoms with Crippen molar-refractivity contribution in [3.63, 3.8) is 0 Å². The molecule has 3 rings (SSSR count). The third-order valence-electron chi connectivity index (χ3n) is 5.33. The fourth-order valence-electron chi connectivity index (χ4n) is 3.63. The van der Waals surface area contributed by atoms with Gasteiger partial charge in [0.2, 0.25) is 5.91 Å². The van der Waals surface area contributed by atoms with Crippen molar-refractivity contribution in [3.8, 4) is 0 Å². The maximum atomic E-state index is 12.6. The molecule has 2 amide bonds. The molecular weight excluding hydrogens is 342 g/mol. The van der Waals surface area contributed by atoms with Crippen LogP contribution in [0.4, 0.5) is 5.69 Å². The van der Waals surface area contributed by atoms with Crippen molar-refractivity contribution < 1.29 is 14.3 Å². The van der Waals surface area contributed by atoms with Crippen LogP contribution in [0, 0.1) is 5.92 Å². The molecule has 0 bridgehead atoms. The summed E-state index contributed by atoms with van der Waals surface area (Å²) in [7, 11) is 0. The summed E-state index contributed by atoms with van der Waals surface area (Å²) in [6, 6.07) is 7.33. The van der Waals surface area contributed by atoms with Gasteiger partial charge in [0.1, 0.15) is 0 Å². The first-order valence-electron chi connectivity index (χ1n) is 10.1. The number of anilines is 1. The number of amides is 2. The number of carbonyl (C=O) groups excluding carboxylic acids is 2. The molecule has 6 heteroatoms. The van der Waals surface area contributed by atoms with Gasteiger partial charge < -0.3 is 20.3 Å². The number of hydrogen-bond donors (Lipinski definition) is 2. The minimum Gasteiger partial charge on any atom is -0.377 e. The molecule has 0 spiro atoms. The first kappa shape index (κ1) is 19.8. The number of carbonyl (C=O) groups is 2. The number of ether oxygens (including phenoxy) is 1. The average molecular weight is 373 g/mol. The highest BCUT2D eigenvalue weighted by atomic mass is 16.5. The zero-order valence-corrected chi connectivity index (χ0v) is 16.4. The zero-order chi connectivity index (χ0) is 19.2. The van der Waals surface area contributed by atoms with E-state index in [0.29, 0.717) is 17.4 Å². The number of benzene rings is 1. The quantitative estimate of drug-likeness (QED) is 0.804. The Morgan fingerprint density at radius 3 is 2.67 bits per heavy atom. The van der Waals surface area contributed by atoms with E-state index in [2.05, 4.69) is 15.5 Å². The van der Waals surface area contributed by atoms with E-state index >= 15 is 0 Å². The lowest BCUT2D eigenvalue weighted by Crippen LogP contribution is -2.46. The highest BCUT2D eigenvalue weighted by Crippen LogP contribution is 2.18. The second kappa shape index (κ2) is 9.33. The molecule has 2 N–H and O–H groups in total. The van der Waals surface area contributed by atoms with Crippen LogP contribution < -0.4 is 10.6 Å². The molecule has 2 heterocycles. The maximum Gasteiger partial charge on any atom is 0.251 e. The first-order chi connectivity index (χ1) is 13.0. The summed E-state index contributed by atoms with van der Waals surface area (Å²) in [5.41, 5.74) is 1.24. The van der Waals surface area contributed by atoms with E-state index in [1.165, 1.54) is 12.8 Å². The molecule has 2 saturated heterocycles. The SMILES string of the molecule is CC(C)C(=O)Nc1cccc(C(=O)NC2CCN(CC3CCCO3)CC2)c1. The van der Waals surface area contributed by atoms with E-state index in [4.69, 9.17) is 4.74 Å². The van der Waals surface area contributed by atoms with Crippen LogP contribution in [0.2, 0.25) is 0 Å². The van der Waals surface area contributed by atoms with Gasteiger partial charge >= 0.3 is 0 Å². The van der Waals surface area contributed by atoms with Crippen LogP contribution in [-0.4, -0.2) is 55.1 Å². The van der Waals surface area contributed by atoms with Gasteiger partial charge in [-0.1, -0.05) is 19.9 Å². The second-order valence-corrected chi connectivity index (χ2v) is 7.91. The number of hydrogen-bond acceptors (Lipinski definition) is 4. The topological polar surface area (TPSA) is 70.7 Å². The fraction of sp³-hybridized carbons (Fsp3) is 0.619. The van der Waals surface area contributed by atoms with Gasteiger partial charge in [-0.15, -0.1) is 0 Å². The van der Waals surface area contributed by atoms with Gasteiger partial charge in [-0.3, -0.25) is 9.59 Å². The highest BCUT2D eigenvalue weighted by Gasteiger charge is 2.25. The largest absolute Gasteiger partial charge is 0.377 e. The van der Waals surface area contributed by atoms with E-state index in [0.717, 1.165) is 39.1 Å². The smallest absolute Gasteiger partial charge is 0.251 e. The molecule has 1 unspecified atom stereocenters. The Kier molecular flexibility index (Phi) is 6.85. The Balaban J connectivity index is 1.47. The lowest BCUT2D eigenvalue weighted by molar-refractivity contribution is -0.118. The average Bonchev–Trinajstić information content (AvgIpc) is 3.16. The summed E-state index contributed by atoms with van der Waals surface area (Å²) in [5, 5.41) is 5.99. The molecule has 0 aliphatic carbocycles. The van der Waals surface area contributed by atoms with Crippen LogP contribution in [0.25, 0.3) is 0 Å². The summed E-state index contributed by atoms with van der Waals surface area (Å²) in [6.07, 6.45) is 4.65. The van der Waals surface area contributed by atoms with E-state index < -0.39 is 0 Å². The molecule has 1 aromatic rings. The van der Waals surface area contributed by atoms with Crippen molar-refractivity contribution in [2.75, 3.05) is 31.6 Å². The molecule has 0 saturated carbocycles. The monoisotopic (exact) mass is 373 g/mol. The van der Waals surface area contributed by atoms with E-state index in [-0.39, 0.29) is 23.8 Å². The molecule has 2 fully saturated rings. The molecule has 1 aromatic carbocycles. The van der Waals surface area contributed by atoms with Gasteiger partial charge in [-0.25, -0.2) is 0 Å². The molecular formula is C21H31N3O3. The fourth-order valence-corrected chi connectivity index (χ4v) is 3.63. The summed E-state index contributed by atoms with van der Waals surface area (Å²) in [5.74, 6) is -0.221. The Bertz CT molecular complexity index is 648. The summed E-state index contributed by atoms with van der Waals surface area (Å²) in [4.78, 5) is 26.9. The van der Waals surface area contributed by atoms with Crippen molar-refractivity contribution in [2.24, 2.45) is 5.92 Å². The summed E-state index contributed by atoms with van der Waals surface area (Å²) < 4.78 is 5.72. The molecule has 1 atom stereocenters. The summed E-state index contributed by atoms with van der Waals surface area (Å²) >= 11 is 0. The lowest BCUT2D eigenvalue weighted by atomic mass is 10.0. The predicted molar refractivity (Wildman–Crippen MR) is 106 cm³/mol. The van der Waals surface area contributed by atoms with Crippen molar-refractivity contribution >= 4 is 17.5 Å². The summed E-state index contributed by atoms with van der Waals surface area (Å²) in [6.45, 7) is 7.59. The van der Waals surface area contributed by atoms with E-state index in [1.54, 1.807) is 24.3 Å². The third-order valence-corrected chi connectivity index (χ3v) is 5.33. The molecule has 27 heavy (non-hydrogen) atoms. The normalized spacial score (nSPS) is 21.4. The van der Waals surface area contributed by atoms with Crippen LogP contribution in [0.3, 0.4) is 0 Å². The number of nitrogens with one attached hydrogen (secondary N) is 2. The Hall–Kier alpha value is -1.92. The van der Waals surface area contributed by atoms with Crippen molar-refractivity contribution in [1.29, 1.82) is 0 Å². The van der Waals surface area contributed by atoms with Gasteiger partial charge in [0, 0.05) is 49.5 Å².